The van der Waals surface area contributed by atoms with E-state index in [4.69, 9.17) is 14.2 Å². The summed E-state index contributed by atoms with van der Waals surface area (Å²) in [6.45, 7) is 4.03. The van der Waals surface area contributed by atoms with Gasteiger partial charge in [0.05, 0.1) is 38.8 Å². The monoisotopic (exact) mass is 369 g/mol. The van der Waals surface area contributed by atoms with E-state index in [9.17, 15) is 4.79 Å². The number of H-pyrrole nitrogens is 1. The highest BCUT2D eigenvalue weighted by molar-refractivity contribution is 6.06. The predicted molar refractivity (Wildman–Crippen MR) is 103 cm³/mol. The second-order valence-corrected chi connectivity index (χ2v) is 6.59. The summed E-state index contributed by atoms with van der Waals surface area (Å²) in [5, 5.41) is 0. The molecule has 142 valence electrons. The van der Waals surface area contributed by atoms with E-state index in [2.05, 4.69) is 15.0 Å². The van der Waals surface area contributed by atoms with Gasteiger partial charge in [-0.15, -0.1) is 0 Å². The molecule has 1 N–H and O–H groups in total. The van der Waals surface area contributed by atoms with E-state index in [1.165, 1.54) is 0 Å². The van der Waals surface area contributed by atoms with Crippen LogP contribution >= 0.6 is 0 Å². The van der Waals surface area contributed by atoms with Crippen LogP contribution in [-0.4, -0.2) is 42.1 Å². The van der Waals surface area contributed by atoms with Crippen LogP contribution in [0.15, 0.2) is 24.5 Å². The minimum atomic E-state index is 0.0487. The van der Waals surface area contributed by atoms with E-state index in [0.717, 1.165) is 5.56 Å². The minimum absolute atomic E-state index is 0.0487. The molecule has 0 spiro atoms. The average molecular weight is 369 g/mol. The lowest BCUT2D eigenvalue weighted by molar-refractivity contribution is 0.0969. The van der Waals surface area contributed by atoms with E-state index >= 15 is 0 Å². The Labute approximate surface area is 157 Å². The van der Waals surface area contributed by atoms with Crippen molar-refractivity contribution in [3.05, 3.63) is 30.1 Å². The Kier molecular flexibility index (Phi) is 5.30. The third kappa shape index (κ3) is 3.58. The first-order valence-electron chi connectivity index (χ1n) is 8.66. The summed E-state index contributed by atoms with van der Waals surface area (Å²) in [4.78, 5) is 24.6. The number of fused-ring (bicyclic) bond motifs is 1. The van der Waals surface area contributed by atoms with E-state index in [1.54, 1.807) is 45.9 Å². The summed E-state index contributed by atoms with van der Waals surface area (Å²) >= 11 is 0. The van der Waals surface area contributed by atoms with Crippen molar-refractivity contribution in [3.8, 4) is 28.5 Å². The number of ether oxygens (including phenoxy) is 3. The first-order chi connectivity index (χ1) is 13.0. The number of carbonyl (C=O) groups excluding carboxylic acids is 1. The number of aromatic nitrogens is 3. The standard InChI is InChI=1S/C20H23N3O4/c1-11(2)6-15(24)13-9-21-20-18(13)23-14(10-22-20)12-7-16(25-3)19(27-5)17(8-12)26-4/h7-11H,6H2,1-5H3,(H,21,22). The number of aromatic amines is 1. The third-order valence-electron chi connectivity index (χ3n) is 4.24. The second-order valence-electron chi connectivity index (χ2n) is 6.59. The van der Waals surface area contributed by atoms with Gasteiger partial charge in [-0.2, -0.15) is 0 Å². The summed E-state index contributed by atoms with van der Waals surface area (Å²) in [5.74, 6) is 1.88. The molecular weight excluding hydrogens is 346 g/mol. The van der Waals surface area contributed by atoms with Crippen LogP contribution in [0.5, 0.6) is 17.2 Å². The fourth-order valence-corrected chi connectivity index (χ4v) is 2.95. The number of nitrogens with one attached hydrogen (secondary N) is 1. The summed E-state index contributed by atoms with van der Waals surface area (Å²) in [7, 11) is 4.67. The number of hydrogen-bond donors (Lipinski definition) is 1. The molecular formula is C20H23N3O4. The second kappa shape index (κ2) is 7.65. The van der Waals surface area contributed by atoms with Crippen LogP contribution in [0, 0.1) is 5.92 Å². The highest BCUT2D eigenvalue weighted by Gasteiger charge is 2.18. The van der Waals surface area contributed by atoms with Gasteiger partial charge in [0, 0.05) is 18.2 Å². The number of carbonyl (C=O) groups is 1. The van der Waals surface area contributed by atoms with E-state index in [1.807, 2.05) is 13.8 Å². The molecule has 0 aliphatic carbocycles. The van der Waals surface area contributed by atoms with Gasteiger partial charge in [-0.3, -0.25) is 4.79 Å². The summed E-state index contributed by atoms with van der Waals surface area (Å²) in [5.41, 5.74) is 3.06. The van der Waals surface area contributed by atoms with Gasteiger partial charge in [0.25, 0.3) is 0 Å². The van der Waals surface area contributed by atoms with Gasteiger partial charge in [-0.1, -0.05) is 13.8 Å². The molecule has 0 bridgehead atoms. The number of rotatable bonds is 7. The van der Waals surface area contributed by atoms with Gasteiger partial charge in [-0.05, 0) is 18.1 Å². The lowest BCUT2D eigenvalue weighted by Gasteiger charge is -2.14. The molecule has 0 saturated carbocycles. The molecule has 0 aliphatic heterocycles. The molecule has 0 radical (unpaired) electrons. The fraction of sp³-hybridized carbons (Fsp3) is 0.350. The van der Waals surface area contributed by atoms with Crippen LogP contribution in [0.4, 0.5) is 0 Å². The quantitative estimate of drug-likeness (QED) is 0.636. The van der Waals surface area contributed by atoms with Gasteiger partial charge in [0.1, 0.15) is 5.52 Å². The zero-order valence-electron chi connectivity index (χ0n) is 16.1. The molecule has 0 fully saturated rings. The maximum atomic E-state index is 12.5. The zero-order chi connectivity index (χ0) is 19.6. The number of hydrogen-bond acceptors (Lipinski definition) is 6. The van der Waals surface area contributed by atoms with E-state index in [0.29, 0.717) is 46.1 Å². The minimum Gasteiger partial charge on any atom is -0.493 e. The van der Waals surface area contributed by atoms with Crippen LogP contribution in [0.1, 0.15) is 30.6 Å². The molecule has 0 saturated heterocycles. The van der Waals surface area contributed by atoms with Gasteiger partial charge < -0.3 is 19.2 Å². The van der Waals surface area contributed by atoms with Crippen LogP contribution < -0.4 is 14.2 Å². The summed E-state index contributed by atoms with van der Waals surface area (Å²) in [6, 6.07) is 3.61. The van der Waals surface area contributed by atoms with Gasteiger partial charge in [-0.25, -0.2) is 9.97 Å². The van der Waals surface area contributed by atoms with Crippen LogP contribution in [0.3, 0.4) is 0 Å². The molecule has 0 aliphatic rings. The Bertz CT molecular complexity index is 954. The van der Waals surface area contributed by atoms with Crippen molar-refractivity contribution < 1.29 is 19.0 Å². The topological polar surface area (TPSA) is 86.3 Å². The highest BCUT2D eigenvalue weighted by Crippen LogP contribution is 2.40. The van der Waals surface area contributed by atoms with Gasteiger partial charge in [0.15, 0.2) is 22.9 Å². The number of Topliss-reactive ketones (excluding diaryl/α,β-unsaturated/α-hetero) is 1. The van der Waals surface area contributed by atoms with Crippen molar-refractivity contribution in [2.24, 2.45) is 5.92 Å². The van der Waals surface area contributed by atoms with E-state index in [-0.39, 0.29) is 11.7 Å². The maximum Gasteiger partial charge on any atom is 0.203 e. The molecule has 0 amide bonds. The molecule has 7 nitrogen and oxygen atoms in total. The molecule has 3 aromatic rings. The largest absolute Gasteiger partial charge is 0.493 e. The van der Waals surface area contributed by atoms with Crippen LogP contribution in [-0.2, 0) is 0 Å². The Hall–Kier alpha value is -3.09. The van der Waals surface area contributed by atoms with Gasteiger partial charge in [0.2, 0.25) is 5.75 Å². The first-order valence-corrected chi connectivity index (χ1v) is 8.66. The highest BCUT2D eigenvalue weighted by atomic mass is 16.5. The van der Waals surface area contributed by atoms with Crippen molar-refractivity contribution in [3.63, 3.8) is 0 Å². The number of ketones is 1. The lowest BCUT2D eigenvalue weighted by Crippen LogP contribution is -2.03. The molecule has 0 atom stereocenters. The fourth-order valence-electron chi connectivity index (χ4n) is 2.95. The molecule has 27 heavy (non-hydrogen) atoms. The summed E-state index contributed by atoms with van der Waals surface area (Å²) < 4.78 is 16.2. The normalized spacial score (nSPS) is 11.0. The van der Waals surface area contributed by atoms with Crippen molar-refractivity contribution in [1.82, 2.24) is 15.0 Å². The van der Waals surface area contributed by atoms with Crippen molar-refractivity contribution in [1.29, 1.82) is 0 Å². The number of nitrogens with zero attached hydrogens (tertiary/aromatic N) is 2. The predicted octanol–water partition coefficient (Wildman–Crippen LogP) is 3.88. The van der Waals surface area contributed by atoms with Crippen molar-refractivity contribution in [2.75, 3.05) is 21.3 Å². The molecule has 7 heteroatoms. The SMILES string of the molecule is COc1cc(-c2cnc3[nH]cc(C(=O)CC(C)C)c3n2)cc(OC)c1OC. The Morgan fingerprint density at radius 2 is 1.78 bits per heavy atom. The van der Waals surface area contributed by atoms with Crippen LogP contribution in [0.2, 0.25) is 0 Å². The van der Waals surface area contributed by atoms with Crippen molar-refractivity contribution in [2.45, 2.75) is 20.3 Å². The van der Waals surface area contributed by atoms with Crippen LogP contribution in [0.25, 0.3) is 22.4 Å². The summed E-state index contributed by atoms with van der Waals surface area (Å²) in [6.07, 6.45) is 3.79. The van der Waals surface area contributed by atoms with Crippen molar-refractivity contribution >= 4 is 16.9 Å². The maximum absolute atomic E-state index is 12.5. The third-order valence-corrected chi connectivity index (χ3v) is 4.24. The Balaban J connectivity index is 2.11. The molecule has 2 aromatic heterocycles. The lowest BCUT2D eigenvalue weighted by atomic mass is 10.0. The number of benzene rings is 1. The van der Waals surface area contributed by atoms with Gasteiger partial charge >= 0.3 is 0 Å². The Morgan fingerprint density at radius 1 is 1.11 bits per heavy atom. The number of methoxy groups -OCH3 is 3. The molecule has 3 rings (SSSR count). The Morgan fingerprint density at radius 3 is 2.33 bits per heavy atom. The zero-order valence-corrected chi connectivity index (χ0v) is 16.1. The molecule has 2 heterocycles. The van der Waals surface area contributed by atoms with E-state index < -0.39 is 0 Å². The smallest absolute Gasteiger partial charge is 0.203 e. The molecule has 0 unspecified atom stereocenters. The first kappa shape index (κ1) is 18.7. The average Bonchev–Trinajstić information content (AvgIpc) is 3.09. The molecule has 1 aromatic carbocycles.